The molecule has 2 N–H and O–H groups in total. The molecule has 1 fully saturated rings. The topological polar surface area (TPSA) is 123 Å². The first-order valence-electron chi connectivity index (χ1n) is 12.7. The minimum absolute atomic E-state index is 0.0127. The predicted octanol–water partition coefficient (Wildman–Crippen LogP) is 3.60. The fourth-order valence-corrected chi connectivity index (χ4v) is 4.96. The Morgan fingerprint density at radius 1 is 1.35 bits per heavy atom. The van der Waals surface area contributed by atoms with Crippen molar-refractivity contribution in [3.8, 4) is 0 Å². The van der Waals surface area contributed by atoms with Gasteiger partial charge in [-0.15, -0.1) is 11.8 Å². The van der Waals surface area contributed by atoms with Crippen LogP contribution >= 0.6 is 11.8 Å². The van der Waals surface area contributed by atoms with E-state index in [0.717, 1.165) is 11.3 Å². The zero-order chi connectivity index (χ0) is 27.6. The van der Waals surface area contributed by atoms with Gasteiger partial charge in [-0.25, -0.2) is 4.79 Å². The molecule has 0 radical (unpaired) electrons. The smallest absolute Gasteiger partial charge is 0.410 e. The molecule has 208 valence electrons. The Labute approximate surface area is 223 Å². The molecule has 2 aliphatic rings. The van der Waals surface area contributed by atoms with Gasteiger partial charge in [0.05, 0.1) is 25.0 Å². The number of hydrogen-bond donors (Lipinski definition) is 2. The molecule has 1 amide bonds. The summed E-state index contributed by atoms with van der Waals surface area (Å²) in [7, 11) is 0. The van der Waals surface area contributed by atoms with Gasteiger partial charge in [0.25, 0.3) is 0 Å². The molecule has 6 atom stereocenters. The third-order valence-electron chi connectivity index (χ3n) is 6.35. The number of carbonyl (C=O) groups is 3. The number of aliphatic hydroxyl groups excluding tert-OH is 1. The maximum absolute atomic E-state index is 12.5. The molecule has 0 bridgehead atoms. The van der Waals surface area contributed by atoms with Crippen molar-refractivity contribution in [2.24, 2.45) is 11.8 Å². The molecule has 37 heavy (non-hydrogen) atoms. The Kier molecular flexibility index (Phi) is 12.2. The summed E-state index contributed by atoms with van der Waals surface area (Å²) in [6.07, 6.45) is 6.17. The molecule has 2 heterocycles. The molecule has 0 unspecified atom stereocenters. The first kappa shape index (κ1) is 30.9. The normalized spacial score (nSPS) is 31.7. The lowest BCUT2D eigenvalue weighted by Gasteiger charge is -2.32. The van der Waals surface area contributed by atoms with E-state index in [9.17, 15) is 24.6 Å². The van der Waals surface area contributed by atoms with Gasteiger partial charge in [0.15, 0.2) is 0 Å². The lowest BCUT2D eigenvalue weighted by atomic mass is 9.88. The van der Waals surface area contributed by atoms with Gasteiger partial charge in [0.2, 0.25) is 0 Å². The third-order valence-corrected chi connectivity index (χ3v) is 7.31. The Hall–Kier alpha value is -2.30. The Morgan fingerprint density at radius 2 is 2.08 bits per heavy atom. The maximum Gasteiger partial charge on any atom is 0.410 e. The quantitative estimate of drug-likeness (QED) is 0.226. The fraction of sp³-hybridized carbons (Fsp3) is 0.667. The summed E-state index contributed by atoms with van der Waals surface area (Å²) in [5, 5.41) is 21.2. The van der Waals surface area contributed by atoms with Crippen LogP contribution in [-0.4, -0.2) is 81.8 Å². The summed E-state index contributed by atoms with van der Waals surface area (Å²) in [6.45, 7) is 9.42. The summed E-state index contributed by atoms with van der Waals surface area (Å²) < 4.78 is 16.5. The van der Waals surface area contributed by atoms with Crippen LogP contribution in [0.5, 0.6) is 0 Å². The second-order valence-corrected chi connectivity index (χ2v) is 11.2. The molecule has 0 aromatic heterocycles. The number of cyclic esters (lactones) is 1. The summed E-state index contributed by atoms with van der Waals surface area (Å²) in [4.78, 5) is 37.9. The van der Waals surface area contributed by atoms with Crippen molar-refractivity contribution in [2.45, 2.75) is 77.8 Å². The average Bonchev–Trinajstić information content (AvgIpc) is 3.36. The molecule has 2 aliphatic heterocycles. The van der Waals surface area contributed by atoms with Gasteiger partial charge >= 0.3 is 18.0 Å². The van der Waals surface area contributed by atoms with E-state index in [4.69, 9.17) is 14.2 Å². The van der Waals surface area contributed by atoms with Crippen LogP contribution in [0.3, 0.4) is 0 Å². The number of thioether (sulfide) groups is 1. The monoisotopic (exact) mass is 539 g/mol. The number of allylic oxidation sites excluding steroid dienone is 2. The predicted molar refractivity (Wildman–Crippen MR) is 142 cm³/mol. The van der Waals surface area contributed by atoms with Crippen molar-refractivity contribution in [3.05, 3.63) is 36.0 Å². The van der Waals surface area contributed by atoms with E-state index < -0.39 is 35.9 Å². The number of hydrogen-bond acceptors (Lipinski definition) is 9. The zero-order valence-corrected chi connectivity index (χ0v) is 23.2. The van der Waals surface area contributed by atoms with E-state index in [1.165, 1.54) is 6.92 Å². The number of amides is 1. The Bertz CT molecular complexity index is 878. The summed E-state index contributed by atoms with van der Waals surface area (Å²) >= 11 is 1.70. The molecule has 0 aromatic carbocycles. The van der Waals surface area contributed by atoms with Crippen molar-refractivity contribution < 1.29 is 38.8 Å². The number of aliphatic hydroxyl groups is 2. The van der Waals surface area contributed by atoms with Crippen molar-refractivity contribution >= 4 is 29.8 Å². The van der Waals surface area contributed by atoms with Gasteiger partial charge in [-0.3, -0.25) is 14.5 Å². The molecule has 0 spiro atoms. The summed E-state index contributed by atoms with van der Waals surface area (Å²) in [5.74, 6) is 0.201. The number of carbonyl (C=O) groups excluding carboxylic acids is 3. The van der Waals surface area contributed by atoms with Gasteiger partial charge < -0.3 is 24.4 Å². The first-order valence-corrected chi connectivity index (χ1v) is 13.8. The molecule has 0 aliphatic carbocycles. The highest BCUT2D eigenvalue weighted by Gasteiger charge is 2.35. The van der Waals surface area contributed by atoms with Crippen molar-refractivity contribution in [3.63, 3.8) is 0 Å². The standard InChI is InChI=1S/C27H41NO8S/c1-18(16-34-26(32)28-13-14-37-17-28)7-6-8-19(2)25-20(3)9-10-23(35-21(4)29)27(5,33)12-11-22(30)15-24(31)36-25/h6-10,18,20,22-23,25,30,33H,11-17H2,1-5H3/b7-6+,10-9-,19-8+/t18-,20+,22-,23-,25+,27-/m1/s1. The zero-order valence-electron chi connectivity index (χ0n) is 22.4. The van der Waals surface area contributed by atoms with Gasteiger partial charge in [0, 0.05) is 31.1 Å². The lowest BCUT2D eigenvalue weighted by Crippen LogP contribution is -2.42. The van der Waals surface area contributed by atoms with Gasteiger partial charge in [-0.2, -0.15) is 0 Å². The Balaban J connectivity index is 2.12. The highest BCUT2D eigenvalue weighted by atomic mass is 32.2. The first-order chi connectivity index (χ1) is 17.4. The van der Waals surface area contributed by atoms with E-state index in [0.29, 0.717) is 12.4 Å². The Morgan fingerprint density at radius 3 is 2.73 bits per heavy atom. The number of nitrogens with zero attached hydrogens (tertiary/aromatic N) is 1. The number of ether oxygens (including phenoxy) is 3. The molecule has 10 heteroatoms. The average molecular weight is 540 g/mol. The van der Waals surface area contributed by atoms with Crippen molar-refractivity contribution in [1.29, 1.82) is 0 Å². The molecule has 0 saturated carbocycles. The van der Waals surface area contributed by atoms with Crippen LogP contribution in [0.4, 0.5) is 4.79 Å². The minimum atomic E-state index is -1.41. The van der Waals surface area contributed by atoms with Crippen LogP contribution in [-0.2, 0) is 23.8 Å². The van der Waals surface area contributed by atoms with E-state index in [2.05, 4.69) is 0 Å². The molecule has 0 aromatic rings. The summed E-state index contributed by atoms with van der Waals surface area (Å²) in [5.41, 5.74) is -0.648. The van der Waals surface area contributed by atoms with E-state index in [1.807, 2.05) is 39.0 Å². The van der Waals surface area contributed by atoms with Crippen LogP contribution in [0.2, 0.25) is 0 Å². The van der Waals surface area contributed by atoms with Crippen LogP contribution in [0, 0.1) is 11.8 Å². The van der Waals surface area contributed by atoms with Crippen molar-refractivity contribution in [2.75, 3.05) is 24.8 Å². The molecular weight excluding hydrogens is 498 g/mol. The fourth-order valence-electron chi connectivity index (χ4n) is 4.03. The SMILES string of the molecule is CC(=O)O[C@@H]1/C=C\[C@H](C)[C@H](/C(C)=C/C=C/[C@@H](C)COC(=O)N2CCSC2)OC(=O)C[C@H](O)CC[C@@]1(C)O. The second-order valence-electron chi connectivity index (χ2n) is 10.1. The molecule has 9 nitrogen and oxygen atoms in total. The van der Waals surface area contributed by atoms with E-state index in [-0.39, 0.29) is 43.8 Å². The second kappa shape index (κ2) is 14.6. The van der Waals surface area contributed by atoms with Crippen LogP contribution < -0.4 is 0 Å². The highest BCUT2D eigenvalue weighted by Crippen LogP contribution is 2.27. The summed E-state index contributed by atoms with van der Waals surface area (Å²) in [6, 6.07) is 0. The number of rotatable bonds is 6. The molecular formula is C27H41NO8S. The largest absolute Gasteiger partial charge is 0.457 e. The van der Waals surface area contributed by atoms with E-state index in [1.54, 1.807) is 35.7 Å². The van der Waals surface area contributed by atoms with Crippen LogP contribution in [0.1, 0.15) is 53.9 Å². The lowest BCUT2D eigenvalue weighted by molar-refractivity contribution is -0.157. The minimum Gasteiger partial charge on any atom is -0.457 e. The molecule has 1 saturated heterocycles. The van der Waals surface area contributed by atoms with Crippen LogP contribution in [0.15, 0.2) is 36.0 Å². The third kappa shape index (κ3) is 10.5. The van der Waals surface area contributed by atoms with Gasteiger partial charge in [-0.05, 0) is 38.3 Å². The van der Waals surface area contributed by atoms with Gasteiger partial charge in [0.1, 0.15) is 17.8 Å². The number of esters is 2. The van der Waals surface area contributed by atoms with E-state index >= 15 is 0 Å². The maximum atomic E-state index is 12.5. The van der Waals surface area contributed by atoms with Crippen molar-refractivity contribution in [1.82, 2.24) is 4.90 Å². The highest BCUT2D eigenvalue weighted by molar-refractivity contribution is 7.99. The van der Waals surface area contributed by atoms with Crippen LogP contribution in [0.25, 0.3) is 0 Å². The van der Waals surface area contributed by atoms with Gasteiger partial charge in [-0.1, -0.05) is 38.2 Å². The molecule has 2 rings (SSSR count).